The van der Waals surface area contributed by atoms with Crippen LogP contribution in [0.15, 0.2) is 24.3 Å². The van der Waals surface area contributed by atoms with Gasteiger partial charge >= 0.3 is 0 Å². The molecule has 1 aromatic rings. The second-order valence-electron chi connectivity index (χ2n) is 8.62. The van der Waals surface area contributed by atoms with Crippen LogP contribution in [-0.4, -0.2) is 67.5 Å². The van der Waals surface area contributed by atoms with Crippen LogP contribution in [-0.2, 0) is 9.59 Å². The van der Waals surface area contributed by atoms with Gasteiger partial charge in [0.05, 0.1) is 13.0 Å². The van der Waals surface area contributed by atoms with Crippen LogP contribution in [0.3, 0.4) is 0 Å². The van der Waals surface area contributed by atoms with Gasteiger partial charge in [-0.3, -0.25) is 9.59 Å². The molecule has 3 aliphatic heterocycles. The van der Waals surface area contributed by atoms with Crippen molar-refractivity contribution in [3.63, 3.8) is 0 Å². The van der Waals surface area contributed by atoms with E-state index in [4.69, 9.17) is 4.74 Å². The predicted molar refractivity (Wildman–Crippen MR) is 113 cm³/mol. The lowest BCUT2D eigenvalue weighted by atomic mass is 9.96. The normalized spacial score (nSPS) is 25.6. The maximum atomic E-state index is 13.3. The Morgan fingerprint density at radius 3 is 2.52 bits per heavy atom. The molecule has 0 bridgehead atoms. The standard InChI is InChI=1S/C23H33N3O3/c1-29-21-9-7-20(8-10-21)26-17-18(16-22(26)27)23(28)25-14-3-2-6-19(25)11-15-24-12-4-5-13-24/h7-10,18-19H,2-6,11-17H2,1H3/t18-,19+/m0/s1. The Morgan fingerprint density at radius 2 is 1.79 bits per heavy atom. The minimum atomic E-state index is -0.225. The molecule has 29 heavy (non-hydrogen) atoms. The molecular weight excluding hydrogens is 366 g/mol. The Bertz CT molecular complexity index is 715. The van der Waals surface area contributed by atoms with Gasteiger partial charge in [0.2, 0.25) is 11.8 Å². The van der Waals surface area contributed by atoms with E-state index in [1.54, 1.807) is 12.0 Å². The zero-order valence-electron chi connectivity index (χ0n) is 17.5. The summed E-state index contributed by atoms with van der Waals surface area (Å²) in [5.41, 5.74) is 0.843. The Labute approximate surface area is 173 Å². The second-order valence-corrected chi connectivity index (χ2v) is 8.62. The topological polar surface area (TPSA) is 53.1 Å². The SMILES string of the molecule is COc1ccc(N2C[C@@H](C(=O)N3CCCC[C@@H]3CCN3CCCC3)CC2=O)cc1. The van der Waals surface area contributed by atoms with Gasteiger partial charge in [-0.2, -0.15) is 0 Å². The highest BCUT2D eigenvalue weighted by Gasteiger charge is 2.39. The summed E-state index contributed by atoms with van der Waals surface area (Å²) >= 11 is 0. The third kappa shape index (κ3) is 4.58. The van der Waals surface area contributed by atoms with Crippen LogP contribution in [0.1, 0.15) is 44.9 Å². The number of carbonyl (C=O) groups excluding carboxylic acids is 2. The van der Waals surface area contributed by atoms with Crippen molar-refractivity contribution in [1.29, 1.82) is 0 Å². The molecule has 3 aliphatic rings. The highest BCUT2D eigenvalue weighted by Crippen LogP contribution is 2.30. The molecule has 1 aromatic carbocycles. The smallest absolute Gasteiger partial charge is 0.228 e. The number of likely N-dealkylation sites (tertiary alicyclic amines) is 2. The number of benzene rings is 1. The molecule has 6 nitrogen and oxygen atoms in total. The van der Waals surface area contributed by atoms with Crippen LogP contribution in [0.25, 0.3) is 0 Å². The summed E-state index contributed by atoms with van der Waals surface area (Å²) < 4.78 is 5.20. The minimum absolute atomic E-state index is 0.0409. The summed E-state index contributed by atoms with van der Waals surface area (Å²) in [6.07, 6.45) is 7.37. The van der Waals surface area contributed by atoms with Crippen molar-refractivity contribution < 1.29 is 14.3 Å². The first-order chi connectivity index (χ1) is 14.2. The molecule has 3 saturated heterocycles. The van der Waals surface area contributed by atoms with Gasteiger partial charge in [-0.05, 0) is 75.9 Å². The van der Waals surface area contributed by atoms with Crippen LogP contribution in [0.5, 0.6) is 5.75 Å². The molecule has 6 heteroatoms. The van der Waals surface area contributed by atoms with Crippen LogP contribution in [0.4, 0.5) is 5.69 Å². The van der Waals surface area contributed by atoms with E-state index < -0.39 is 0 Å². The fourth-order valence-electron chi connectivity index (χ4n) is 5.05. The molecule has 4 rings (SSSR count). The molecular formula is C23H33N3O3. The molecule has 0 spiro atoms. The molecule has 0 unspecified atom stereocenters. The molecule has 0 radical (unpaired) electrons. The summed E-state index contributed by atoms with van der Waals surface area (Å²) in [5.74, 6) is 0.763. The minimum Gasteiger partial charge on any atom is -0.497 e. The molecule has 0 saturated carbocycles. The van der Waals surface area contributed by atoms with Crippen molar-refractivity contribution in [3.8, 4) is 5.75 Å². The van der Waals surface area contributed by atoms with E-state index in [0.717, 1.165) is 43.8 Å². The second kappa shape index (κ2) is 9.16. The fraction of sp³-hybridized carbons (Fsp3) is 0.652. The van der Waals surface area contributed by atoms with Crippen LogP contribution in [0, 0.1) is 5.92 Å². The van der Waals surface area contributed by atoms with Gasteiger partial charge in [-0.25, -0.2) is 0 Å². The van der Waals surface area contributed by atoms with E-state index in [-0.39, 0.29) is 17.7 Å². The first-order valence-corrected chi connectivity index (χ1v) is 11.1. The largest absolute Gasteiger partial charge is 0.497 e. The summed E-state index contributed by atoms with van der Waals surface area (Å²) in [6, 6.07) is 7.84. The first kappa shape index (κ1) is 20.2. The zero-order chi connectivity index (χ0) is 20.2. The Balaban J connectivity index is 1.38. The van der Waals surface area contributed by atoms with Gasteiger partial charge in [-0.1, -0.05) is 0 Å². The summed E-state index contributed by atoms with van der Waals surface area (Å²) in [7, 11) is 1.63. The predicted octanol–water partition coefficient (Wildman–Crippen LogP) is 2.92. The number of rotatable bonds is 6. The highest BCUT2D eigenvalue weighted by molar-refractivity contribution is 6.00. The van der Waals surface area contributed by atoms with Crippen molar-refractivity contribution >= 4 is 17.5 Å². The van der Waals surface area contributed by atoms with Crippen molar-refractivity contribution in [1.82, 2.24) is 9.80 Å². The number of hydrogen-bond acceptors (Lipinski definition) is 4. The van der Waals surface area contributed by atoms with Crippen LogP contribution in [0.2, 0.25) is 0 Å². The van der Waals surface area contributed by atoms with Gasteiger partial charge < -0.3 is 19.4 Å². The number of anilines is 1. The summed E-state index contributed by atoms with van der Waals surface area (Å²) in [6.45, 7) is 4.83. The average Bonchev–Trinajstić information content (AvgIpc) is 3.42. The molecule has 0 N–H and O–H groups in total. The quantitative estimate of drug-likeness (QED) is 0.738. The molecule has 0 aliphatic carbocycles. The lowest BCUT2D eigenvalue weighted by Gasteiger charge is -2.38. The molecule has 158 valence electrons. The Morgan fingerprint density at radius 1 is 1.07 bits per heavy atom. The fourth-order valence-corrected chi connectivity index (χ4v) is 5.05. The lowest BCUT2D eigenvalue weighted by Crippen LogP contribution is -2.48. The molecule has 0 aromatic heterocycles. The number of amides is 2. The summed E-state index contributed by atoms with van der Waals surface area (Å²) in [4.78, 5) is 32.4. The van der Waals surface area contributed by atoms with E-state index in [1.165, 1.54) is 32.4 Å². The number of ether oxygens (including phenoxy) is 1. The van der Waals surface area contributed by atoms with Gasteiger partial charge in [-0.15, -0.1) is 0 Å². The third-order valence-electron chi connectivity index (χ3n) is 6.75. The third-order valence-corrected chi connectivity index (χ3v) is 6.75. The number of carbonyl (C=O) groups is 2. The van der Waals surface area contributed by atoms with Crippen molar-refractivity contribution in [3.05, 3.63) is 24.3 Å². The molecule has 3 fully saturated rings. The van der Waals surface area contributed by atoms with Gasteiger partial charge in [0.1, 0.15) is 5.75 Å². The van der Waals surface area contributed by atoms with E-state index in [0.29, 0.717) is 19.0 Å². The monoisotopic (exact) mass is 399 g/mol. The number of nitrogens with zero attached hydrogens (tertiary/aromatic N) is 3. The van der Waals surface area contributed by atoms with E-state index in [2.05, 4.69) is 9.80 Å². The van der Waals surface area contributed by atoms with Crippen molar-refractivity contribution in [2.75, 3.05) is 44.7 Å². The lowest BCUT2D eigenvalue weighted by molar-refractivity contribution is -0.139. The van der Waals surface area contributed by atoms with Crippen LogP contribution < -0.4 is 9.64 Å². The Hall–Kier alpha value is -2.08. The first-order valence-electron chi connectivity index (χ1n) is 11.1. The Kier molecular flexibility index (Phi) is 6.38. The molecule has 2 atom stereocenters. The zero-order valence-corrected chi connectivity index (χ0v) is 17.5. The van der Waals surface area contributed by atoms with Crippen molar-refractivity contribution in [2.24, 2.45) is 5.92 Å². The average molecular weight is 400 g/mol. The highest BCUT2D eigenvalue weighted by atomic mass is 16.5. The summed E-state index contributed by atoms with van der Waals surface area (Å²) in [5, 5.41) is 0. The maximum absolute atomic E-state index is 13.3. The van der Waals surface area contributed by atoms with Gasteiger partial charge in [0.15, 0.2) is 0 Å². The van der Waals surface area contributed by atoms with E-state index in [9.17, 15) is 9.59 Å². The van der Waals surface area contributed by atoms with E-state index >= 15 is 0 Å². The maximum Gasteiger partial charge on any atom is 0.228 e. The number of methoxy groups -OCH3 is 1. The van der Waals surface area contributed by atoms with Gasteiger partial charge in [0, 0.05) is 37.8 Å². The van der Waals surface area contributed by atoms with E-state index in [1.807, 2.05) is 24.3 Å². The molecule has 2 amide bonds. The number of hydrogen-bond donors (Lipinski definition) is 0. The van der Waals surface area contributed by atoms with Crippen LogP contribution >= 0.6 is 0 Å². The van der Waals surface area contributed by atoms with Gasteiger partial charge in [0.25, 0.3) is 0 Å². The molecule has 3 heterocycles. The number of piperidine rings is 1. The van der Waals surface area contributed by atoms with Crippen molar-refractivity contribution in [2.45, 2.75) is 51.0 Å².